The van der Waals surface area contributed by atoms with Crippen LogP contribution in [-0.4, -0.2) is 34.0 Å². The molecule has 162 valence electrons. The number of nitrogens with one attached hydrogen (secondary N) is 1. The lowest BCUT2D eigenvalue weighted by Gasteiger charge is -2.31. The van der Waals surface area contributed by atoms with Gasteiger partial charge >= 0.3 is 0 Å². The Hall–Kier alpha value is -1.40. The Morgan fingerprint density at radius 2 is 1.67 bits per heavy atom. The molecule has 0 saturated heterocycles. The minimum atomic E-state index is -0.656. The standard InChI is InChI=1S/C22H25Cl3N2O2S/c1-14(21(29)26-22(2,3)4)27(12-15-5-10-18(24)19(25)11-15)20(28)13-30-17-8-6-16(23)7-9-17/h5-11,14H,12-13H2,1-4H3,(H,26,29)/t14-/m0/s1. The summed E-state index contributed by atoms with van der Waals surface area (Å²) in [6, 6.07) is 11.8. The summed E-state index contributed by atoms with van der Waals surface area (Å²) in [5.74, 6) is -0.180. The van der Waals surface area contributed by atoms with Crippen molar-refractivity contribution >= 4 is 58.4 Å². The van der Waals surface area contributed by atoms with Crippen molar-refractivity contribution in [3.05, 3.63) is 63.1 Å². The molecule has 0 bridgehead atoms. The van der Waals surface area contributed by atoms with E-state index >= 15 is 0 Å². The van der Waals surface area contributed by atoms with E-state index in [1.807, 2.05) is 32.9 Å². The second kappa shape index (κ2) is 10.8. The summed E-state index contributed by atoms with van der Waals surface area (Å²) in [6.45, 7) is 7.68. The third-order valence-electron chi connectivity index (χ3n) is 4.18. The lowest BCUT2D eigenvalue weighted by Crippen LogP contribution is -2.52. The Bertz CT molecular complexity index is 898. The van der Waals surface area contributed by atoms with E-state index in [4.69, 9.17) is 34.8 Å². The zero-order valence-electron chi connectivity index (χ0n) is 17.3. The van der Waals surface area contributed by atoms with Crippen molar-refractivity contribution in [2.75, 3.05) is 5.75 Å². The van der Waals surface area contributed by atoms with Gasteiger partial charge in [-0.2, -0.15) is 0 Å². The molecule has 0 heterocycles. The number of carbonyl (C=O) groups is 2. The lowest BCUT2D eigenvalue weighted by atomic mass is 10.1. The molecule has 0 fully saturated rings. The van der Waals surface area contributed by atoms with Crippen LogP contribution in [0.25, 0.3) is 0 Å². The summed E-state index contributed by atoms with van der Waals surface area (Å²) < 4.78 is 0. The zero-order chi connectivity index (χ0) is 22.5. The molecule has 0 spiro atoms. The molecule has 0 aliphatic heterocycles. The van der Waals surface area contributed by atoms with E-state index in [9.17, 15) is 9.59 Å². The fraction of sp³-hybridized carbons (Fsp3) is 0.364. The Morgan fingerprint density at radius 3 is 2.23 bits per heavy atom. The first kappa shape index (κ1) is 24.9. The van der Waals surface area contributed by atoms with Crippen LogP contribution in [0.2, 0.25) is 15.1 Å². The highest BCUT2D eigenvalue weighted by Gasteiger charge is 2.28. The molecule has 2 aromatic rings. The molecule has 0 saturated carbocycles. The number of halogens is 3. The number of nitrogens with zero attached hydrogens (tertiary/aromatic N) is 1. The number of hydrogen-bond donors (Lipinski definition) is 1. The highest BCUT2D eigenvalue weighted by atomic mass is 35.5. The van der Waals surface area contributed by atoms with Crippen LogP contribution in [0.3, 0.4) is 0 Å². The summed E-state index contributed by atoms with van der Waals surface area (Å²) in [7, 11) is 0. The quantitative estimate of drug-likeness (QED) is 0.482. The summed E-state index contributed by atoms with van der Waals surface area (Å²) in [4.78, 5) is 28.3. The van der Waals surface area contributed by atoms with Gasteiger partial charge in [-0.25, -0.2) is 0 Å². The van der Waals surface area contributed by atoms with E-state index < -0.39 is 11.6 Å². The van der Waals surface area contributed by atoms with E-state index in [1.54, 1.807) is 42.2 Å². The van der Waals surface area contributed by atoms with Gasteiger partial charge in [0.05, 0.1) is 15.8 Å². The first-order valence-corrected chi connectivity index (χ1v) is 11.5. The van der Waals surface area contributed by atoms with Crippen LogP contribution in [0.4, 0.5) is 0 Å². The highest BCUT2D eigenvalue weighted by Crippen LogP contribution is 2.25. The van der Waals surface area contributed by atoms with Gasteiger partial charge in [0, 0.05) is 22.0 Å². The molecule has 4 nitrogen and oxygen atoms in total. The Morgan fingerprint density at radius 1 is 1.03 bits per heavy atom. The average molecular weight is 488 g/mol. The summed E-state index contributed by atoms with van der Waals surface area (Å²) in [6.07, 6.45) is 0. The number of carbonyl (C=O) groups excluding carboxylic acids is 2. The number of hydrogen-bond acceptors (Lipinski definition) is 3. The van der Waals surface area contributed by atoms with Crippen LogP contribution in [0.1, 0.15) is 33.3 Å². The molecule has 1 N–H and O–H groups in total. The second-order valence-electron chi connectivity index (χ2n) is 7.93. The van der Waals surface area contributed by atoms with Gasteiger partial charge in [-0.15, -0.1) is 11.8 Å². The smallest absolute Gasteiger partial charge is 0.242 e. The maximum Gasteiger partial charge on any atom is 0.242 e. The van der Waals surface area contributed by atoms with Gasteiger partial charge < -0.3 is 10.2 Å². The third-order valence-corrected chi connectivity index (χ3v) is 6.17. The first-order chi connectivity index (χ1) is 14.0. The Balaban J connectivity index is 2.19. The van der Waals surface area contributed by atoms with Crippen molar-refractivity contribution in [2.45, 2.75) is 50.7 Å². The molecule has 2 aromatic carbocycles. The summed E-state index contributed by atoms with van der Waals surface area (Å²) in [5, 5.41) is 4.42. The number of benzene rings is 2. The fourth-order valence-electron chi connectivity index (χ4n) is 2.65. The topological polar surface area (TPSA) is 49.4 Å². The molecule has 0 radical (unpaired) electrons. The molecule has 0 aliphatic carbocycles. The SMILES string of the molecule is C[C@@H](C(=O)NC(C)(C)C)N(Cc1ccc(Cl)c(Cl)c1)C(=O)CSc1ccc(Cl)cc1. The van der Waals surface area contributed by atoms with Gasteiger partial charge in [-0.3, -0.25) is 9.59 Å². The predicted molar refractivity (Wildman–Crippen MR) is 127 cm³/mol. The molecule has 1 atom stereocenters. The minimum absolute atomic E-state index is 0.155. The third kappa shape index (κ3) is 7.69. The maximum absolute atomic E-state index is 13.1. The number of thioether (sulfide) groups is 1. The predicted octanol–water partition coefficient (Wildman–Crippen LogP) is 6.07. The summed E-state index contributed by atoms with van der Waals surface area (Å²) >= 11 is 19.4. The Kier molecular flexibility index (Phi) is 8.92. The van der Waals surface area contributed by atoms with Crippen molar-refractivity contribution in [3.8, 4) is 0 Å². The number of rotatable bonds is 7. The number of amides is 2. The van der Waals surface area contributed by atoms with Crippen molar-refractivity contribution in [3.63, 3.8) is 0 Å². The largest absolute Gasteiger partial charge is 0.350 e. The normalized spacial score (nSPS) is 12.4. The van der Waals surface area contributed by atoms with Crippen LogP contribution < -0.4 is 5.32 Å². The van der Waals surface area contributed by atoms with Crippen LogP contribution in [-0.2, 0) is 16.1 Å². The first-order valence-electron chi connectivity index (χ1n) is 9.40. The van der Waals surface area contributed by atoms with Crippen molar-refractivity contribution < 1.29 is 9.59 Å². The van der Waals surface area contributed by atoms with Crippen molar-refractivity contribution in [1.82, 2.24) is 10.2 Å². The van der Waals surface area contributed by atoms with E-state index in [-0.39, 0.29) is 24.1 Å². The molecule has 2 rings (SSSR count). The second-order valence-corrected chi connectivity index (χ2v) is 10.2. The highest BCUT2D eigenvalue weighted by molar-refractivity contribution is 8.00. The van der Waals surface area contributed by atoms with Crippen LogP contribution in [0.15, 0.2) is 47.4 Å². The molecule has 0 unspecified atom stereocenters. The van der Waals surface area contributed by atoms with Gasteiger partial charge in [-0.1, -0.05) is 40.9 Å². The Labute approximate surface area is 197 Å². The molecule has 2 amide bonds. The maximum atomic E-state index is 13.1. The molecular weight excluding hydrogens is 463 g/mol. The van der Waals surface area contributed by atoms with Gasteiger partial charge in [0.25, 0.3) is 0 Å². The molecular formula is C22H25Cl3N2O2S. The van der Waals surface area contributed by atoms with Gasteiger partial charge in [0.1, 0.15) is 6.04 Å². The van der Waals surface area contributed by atoms with Gasteiger partial charge in [0.2, 0.25) is 11.8 Å². The van der Waals surface area contributed by atoms with E-state index in [1.165, 1.54) is 11.8 Å². The monoisotopic (exact) mass is 486 g/mol. The molecule has 8 heteroatoms. The van der Waals surface area contributed by atoms with Crippen molar-refractivity contribution in [1.29, 1.82) is 0 Å². The van der Waals surface area contributed by atoms with Gasteiger partial charge in [-0.05, 0) is 69.7 Å². The average Bonchev–Trinajstić information content (AvgIpc) is 2.66. The van der Waals surface area contributed by atoms with Crippen LogP contribution in [0.5, 0.6) is 0 Å². The van der Waals surface area contributed by atoms with E-state index in [2.05, 4.69) is 5.32 Å². The summed E-state index contributed by atoms with van der Waals surface area (Å²) in [5.41, 5.74) is 0.395. The zero-order valence-corrected chi connectivity index (χ0v) is 20.4. The van der Waals surface area contributed by atoms with Crippen LogP contribution >= 0.6 is 46.6 Å². The van der Waals surface area contributed by atoms with Crippen LogP contribution in [0, 0.1) is 0 Å². The van der Waals surface area contributed by atoms with Crippen molar-refractivity contribution in [2.24, 2.45) is 0 Å². The van der Waals surface area contributed by atoms with E-state index in [0.717, 1.165) is 10.5 Å². The molecule has 0 aliphatic rings. The minimum Gasteiger partial charge on any atom is -0.350 e. The molecule has 0 aromatic heterocycles. The fourth-order valence-corrected chi connectivity index (χ4v) is 3.88. The van der Waals surface area contributed by atoms with Gasteiger partial charge in [0.15, 0.2) is 0 Å². The van der Waals surface area contributed by atoms with E-state index in [0.29, 0.717) is 15.1 Å². The molecule has 30 heavy (non-hydrogen) atoms. The lowest BCUT2D eigenvalue weighted by molar-refractivity contribution is -0.139.